The summed E-state index contributed by atoms with van der Waals surface area (Å²) in [6.45, 7) is 6.75. The van der Waals surface area contributed by atoms with Gasteiger partial charge in [-0.2, -0.15) is 0 Å². The molecule has 2 radical (unpaired) electrons. The van der Waals surface area contributed by atoms with Gasteiger partial charge < -0.3 is 10.2 Å². The van der Waals surface area contributed by atoms with E-state index in [2.05, 4.69) is 13.8 Å². The van der Waals surface area contributed by atoms with E-state index in [1.165, 1.54) is 25.7 Å². The van der Waals surface area contributed by atoms with Gasteiger partial charge in [0, 0.05) is 33.3 Å². The van der Waals surface area contributed by atoms with E-state index in [0.29, 0.717) is 0 Å². The zero-order valence-electron chi connectivity index (χ0n) is 12.2. The van der Waals surface area contributed by atoms with Gasteiger partial charge in [-0.05, 0) is 0 Å². The van der Waals surface area contributed by atoms with Gasteiger partial charge in [0.25, 0.3) is 11.9 Å². The molecule has 0 atom stereocenters. The number of carboxylic acids is 2. The molecule has 0 bridgehead atoms. The molecule has 0 aliphatic carbocycles. The van der Waals surface area contributed by atoms with Crippen LogP contribution in [0.2, 0.25) is 8.87 Å². The van der Waals surface area contributed by atoms with E-state index in [9.17, 15) is 0 Å². The summed E-state index contributed by atoms with van der Waals surface area (Å²) >= 11 is 0.149. The zero-order chi connectivity index (χ0) is 14.1. The molecule has 0 fully saturated rings. The largest absolute Gasteiger partial charge is 0 e. The van der Waals surface area contributed by atoms with E-state index in [-0.39, 0.29) is 40.6 Å². The molecule has 2 N–H and O–H groups in total. The van der Waals surface area contributed by atoms with Crippen molar-refractivity contribution in [2.24, 2.45) is 0 Å². The maximum absolute atomic E-state index is 9.00. The minimum Gasteiger partial charge on any atom is 0 e. The van der Waals surface area contributed by atoms with Gasteiger partial charge in [0.2, 0.25) is 0 Å². The van der Waals surface area contributed by atoms with Crippen LogP contribution in [0.5, 0.6) is 0 Å². The van der Waals surface area contributed by atoms with Crippen molar-refractivity contribution in [1.29, 1.82) is 0 Å². The van der Waals surface area contributed by atoms with Gasteiger partial charge in [-0.15, -0.1) is 0 Å². The molecule has 0 rings (SSSR count). The van der Waals surface area contributed by atoms with Crippen molar-refractivity contribution in [1.82, 2.24) is 0 Å². The molecular formula is C12H26O4SnZn. The van der Waals surface area contributed by atoms with Crippen molar-refractivity contribution < 1.29 is 39.3 Å². The Balaban J connectivity index is -0.0000000922. The summed E-state index contributed by atoms with van der Waals surface area (Å²) in [5.74, 6) is -1.67. The monoisotopic (exact) mass is 418 g/mol. The van der Waals surface area contributed by atoms with Gasteiger partial charge in [0.05, 0.1) is 0 Å². The summed E-state index contributed by atoms with van der Waals surface area (Å²) in [5.41, 5.74) is 0. The average molecular weight is 418 g/mol. The predicted octanol–water partition coefficient (Wildman–Crippen LogP) is 3.31. The standard InChI is InChI=1S/2C4H9.2C2H4O2.Sn.Zn/c2*1-3-4-2;2*1-2(3)4;;/h2*1,3-4H2,2H3;2*1H3,(H,3,4);;. The molecule has 0 heterocycles. The first-order valence-corrected chi connectivity index (χ1v) is 10.0. The molecule has 0 saturated carbocycles. The number of carbonyl (C=O) groups is 2. The minimum atomic E-state index is -0.833. The Bertz CT molecular complexity index is 151. The molecule has 0 saturated heterocycles. The molecule has 18 heavy (non-hydrogen) atoms. The molecule has 0 aromatic carbocycles. The SMILES string of the molecule is CC(=O)O.CC(=O)O.CCC[CH2][Sn][CH2]CCC.[Zn]. The smallest absolute Gasteiger partial charge is 0 e. The second kappa shape index (κ2) is 26.0. The molecule has 104 valence electrons. The molecule has 0 aliphatic rings. The third-order valence-electron chi connectivity index (χ3n) is 1.41. The number of hydrogen-bond donors (Lipinski definition) is 2. The average Bonchev–Trinajstić information content (AvgIpc) is 2.16. The fraction of sp³-hybridized carbons (Fsp3) is 0.833. The summed E-state index contributed by atoms with van der Waals surface area (Å²) in [6, 6.07) is 0. The fourth-order valence-electron chi connectivity index (χ4n) is 0.729. The third-order valence-corrected chi connectivity index (χ3v) is 5.45. The van der Waals surface area contributed by atoms with Gasteiger partial charge >= 0.3 is 69.5 Å². The topological polar surface area (TPSA) is 74.6 Å². The Morgan fingerprint density at radius 1 is 0.889 bits per heavy atom. The van der Waals surface area contributed by atoms with Gasteiger partial charge in [0.1, 0.15) is 0 Å². The van der Waals surface area contributed by atoms with Crippen LogP contribution in [0.4, 0.5) is 0 Å². The van der Waals surface area contributed by atoms with E-state index in [0.717, 1.165) is 13.8 Å². The van der Waals surface area contributed by atoms with Crippen molar-refractivity contribution >= 4 is 33.1 Å². The number of carboxylic acid groups (broad SMARTS) is 2. The number of unbranched alkanes of at least 4 members (excludes halogenated alkanes) is 2. The first-order valence-electron chi connectivity index (χ1n) is 5.98. The summed E-state index contributed by atoms with van der Waals surface area (Å²) < 4.78 is 3.25. The minimum absolute atomic E-state index is 0. The molecule has 4 nitrogen and oxygen atoms in total. The molecule has 0 unspecified atom stereocenters. The maximum atomic E-state index is 9.00. The molecule has 0 amide bonds. The fourth-order valence-corrected chi connectivity index (χ4v) is 4.89. The maximum Gasteiger partial charge on any atom is 0 e. The van der Waals surface area contributed by atoms with Crippen molar-refractivity contribution in [2.75, 3.05) is 0 Å². The summed E-state index contributed by atoms with van der Waals surface area (Å²) in [7, 11) is 0. The Hall–Kier alpha value is 0.362. The first-order chi connectivity index (χ1) is 7.88. The van der Waals surface area contributed by atoms with Crippen LogP contribution in [-0.2, 0) is 29.1 Å². The second-order valence-electron chi connectivity index (χ2n) is 3.50. The van der Waals surface area contributed by atoms with Crippen molar-refractivity contribution in [3.05, 3.63) is 0 Å². The van der Waals surface area contributed by atoms with Crippen LogP contribution in [0.15, 0.2) is 0 Å². The summed E-state index contributed by atoms with van der Waals surface area (Å²) in [5, 5.41) is 14.8. The van der Waals surface area contributed by atoms with E-state index in [4.69, 9.17) is 19.8 Å². The Morgan fingerprint density at radius 3 is 1.28 bits per heavy atom. The van der Waals surface area contributed by atoms with E-state index in [1.54, 1.807) is 8.87 Å². The van der Waals surface area contributed by atoms with Crippen LogP contribution >= 0.6 is 0 Å². The zero-order valence-corrected chi connectivity index (χ0v) is 18.0. The van der Waals surface area contributed by atoms with E-state index < -0.39 is 11.9 Å². The number of aliphatic carboxylic acids is 2. The molecule has 0 aliphatic heterocycles. The molecular weight excluding hydrogens is 392 g/mol. The van der Waals surface area contributed by atoms with Crippen LogP contribution in [-0.4, -0.2) is 43.3 Å². The van der Waals surface area contributed by atoms with Crippen LogP contribution in [0, 0.1) is 0 Å². The number of rotatable bonds is 6. The van der Waals surface area contributed by atoms with Gasteiger partial charge in [-0.3, -0.25) is 9.59 Å². The molecule has 0 aromatic heterocycles. The van der Waals surface area contributed by atoms with Gasteiger partial charge in [-0.1, -0.05) is 0 Å². The quantitative estimate of drug-likeness (QED) is 0.513. The van der Waals surface area contributed by atoms with E-state index >= 15 is 0 Å². The van der Waals surface area contributed by atoms with Crippen LogP contribution in [0.3, 0.4) is 0 Å². The summed E-state index contributed by atoms with van der Waals surface area (Å²) in [6.07, 6.45) is 5.84. The Labute approximate surface area is 134 Å². The van der Waals surface area contributed by atoms with Crippen LogP contribution in [0.25, 0.3) is 0 Å². The Kier molecular flexibility index (Phi) is 38.8. The second-order valence-corrected chi connectivity index (χ2v) is 7.78. The first kappa shape index (κ1) is 26.8. The van der Waals surface area contributed by atoms with Crippen molar-refractivity contribution in [3.63, 3.8) is 0 Å². The van der Waals surface area contributed by atoms with Crippen LogP contribution in [0.1, 0.15) is 53.4 Å². The third kappa shape index (κ3) is 95.4. The Morgan fingerprint density at radius 2 is 1.11 bits per heavy atom. The summed E-state index contributed by atoms with van der Waals surface area (Å²) in [4.78, 5) is 18.0. The van der Waals surface area contributed by atoms with Crippen molar-refractivity contribution in [3.8, 4) is 0 Å². The normalized spacial score (nSPS) is 7.78. The van der Waals surface area contributed by atoms with Crippen LogP contribution < -0.4 is 0 Å². The molecule has 0 aromatic rings. The molecule has 6 heteroatoms. The predicted molar refractivity (Wildman–Crippen MR) is 71.8 cm³/mol. The van der Waals surface area contributed by atoms with Gasteiger partial charge in [0.15, 0.2) is 0 Å². The van der Waals surface area contributed by atoms with Crippen molar-refractivity contribution in [2.45, 2.75) is 62.3 Å². The molecule has 0 spiro atoms. The van der Waals surface area contributed by atoms with E-state index in [1.807, 2.05) is 0 Å². The number of hydrogen-bond acceptors (Lipinski definition) is 2. The van der Waals surface area contributed by atoms with Gasteiger partial charge in [-0.25, -0.2) is 0 Å².